The minimum Gasteiger partial charge on any atom is -0.399 e. The quantitative estimate of drug-likeness (QED) is 0.692. The van der Waals surface area contributed by atoms with Crippen LogP contribution in [0.15, 0.2) is 41.4 Å². The van der Waals surface area contributed by atoms with Crippen LogP contribution in [-0.4, -0.2) is 25.7 Å². The predicted molar refractivity (Wildman–Crippen MR) is 73.6 cm³/mol. The van der Waals surface area contributed by atoms with Gasteiger partial charge in [0.1, 0.15) is 10.3 Å². The molecule has 0 aliphatic rings. The summed E-state index contributed by atoms with van der Waals surface area (Å²) in [5, 5.41) is 4.87. The van der Waals surface area contributed by atoms with E-state index in [-0.39, 0.29) is 11.6 Å². The zero-order chi connectivity index (χ0) is 13.4. The van der Waals surface area contributed by atoms with Crippen LogP contribution in [0.2, 0.25) is 0 Å². The maximum atomic E-state index is 12.3. The van der Waals surface area contributed by atoms with Gasteiger partial charge in [-0.25, -0.2) is 9.97 Å². The molecule has 0 amide bonds. The van der Waals surface area contributed by atoms with E-state index in [2.05, 4.69) is 31.0 Å². The number of hydrogen-bond donors (Lipinski definition) is 1. The molecule has 2 aromatic heterocycles. The summed E-state index contributed by atoms with van der Waals surface area (Å²) in [6.45, 7) is 0. The summed E-state index contributed by atoms with van der Waals surface area (Å²) in [6.07, 6.45) is 4.46. The molecule has 0 unspecified atom stereocenters. The minimum absolute atomic E-state index is 0.227. The Morgan fingerprint density at radius 2 is 2.05 bits per heavy atom. The largest absolute Gasteiger partial charge is 0.399 e. The Kier molecular flexibility index (Phi) is 2.75. The van der Waals surface area contributed by atoms with E-state index < -0.39 is 0 Å². The van der Waals surface area contributed by atoms with Gasteiger partial charge in [0.15, 0.2) is 0 Å². The molecule has 7 heteroatoms. The van der Waals surface area contributed by atoms with E-state index in [4.69, 9.17) is 5.73 Å². The minimum atomic E-state index is -0.334. The second-order valence-corrected chi connectivity index (χ2v) is 4.72. The molecule has 0 aliphatic heterocycles. The Hall–Kier alpha value is -2.28. The predicted octanol–water partition coefficient (Wildman–Crippen LogP) is 1.86. The normalized spacial score (nSPS) is 10.8. The van der Waals surface area contributed by atoms with Gasteiger partial charge < -0.3 is 5.73 Å². The number of nitrogen functional groups attached to an aromatic ring is 1. The van der Waals surface area contributed by atoms with Crippen LogP contribution >= 0.6 is 15.9 Å². The van der Waals surface area contributed by atoms with Crippen molar-refractivity contribution in [2.45, 2.75) is 0 Å². The molecule has 0 radical (unpaired) electrons. The lowest BCUT2D eigenvalue weighted by molar-refractivity contribution is 0.0945. The number of hydrogen-bond acceptors (Lipinski definition) is 5. The van der Waals surface area contributed by atoms with Crippen LogP contribution in [-0.2, 0) is 0 Å². The maximum absolute atomic E-state index is 12.3. The van der Waals surface area contributed by atoms with Crippen LogP contribution in [0.4, 0.5) is 5.69 Å². The third-order valence-electron chi connectivity index (χ3n) is 2.62. The second kappa shape index (κ2) is 4.43. The fourth-order valence-corrected chi connectivity index (χ4v) is 1.95. The number of carbonyl (C=O) groups excluding carboxylic acids is 1. The number of anilines is 1. The third-order valence-corrected chi connectivity index (χ3v) is 3.03. The lowest BCUT2D eigenvalue weighted by Crippen LogP contribution is -2.15. The second-order valence-electron chi connectivity index (χ2n) is 3.90. The van der Waals surface area contributed by atoms with E-state index >= 15 is 0 Å². The number of halogens is 1. The number of nitrogens with zero attached hydrogens (tertiary/aromatic N) is 4. The monoisotopic (exact) mass is 317 g/mol. The number of carbonyl (C=O) groups is 1. The summed E-state index contributed by atoms with van der Waals surface area (Å²) >= 11 is 3.17. The molecule has 0 bridgehead atoms. The van der Waals surface area contributed by atoms with E-state index in [1.165, 1.54) is 17.1 Å². The highest BCUT2D eigenvalue weighted by molar-refractivity contribution is 9.10. The molecule has 0 aliphatic carbocycles. The Bertz CT molecular complexity index is 765. The summed E-state index contributed by atoms with van der Waals surface area (Å²) in [6, 6.07) is 5.24. The lowest BCUT2D eigenvalue weighted by atomic mass is 10.2. The van der Waals surface area contributed by atoms with Crippen LogP contribution in [0.25, 0.3) is 10.9 Å². The molecule has 0 atom stereocenters. The molecule has 3 aromatic rings. The van der Waals surface area contributed by atoms with Crippen molar-refractivity contribution in [3.63, 3.8) is 0 Å². The highest BCUT2D eigenvalue weighted by Gasteiger charge is 2.14. The number of rotatable bonds is 1. The summed E-state index contributed by atoms with van der Waals surface area (Å²) < 4.78 is 1.86. The molecule has 0 fully saturated rings. The summed E-state index contributed by atoms with van der Waals surface area (Å²) in [5.74, 6) is -0.334. The first kappa shape index (κ1) is 11.8. The molecular formula is C12H8BrN5O. The topological polar surface area (TPSA) is 86.7 Å². The van der Waals surface area contributed by atoms with Crippen molar-refractivity contribution >= 4 is 38.4 Å². The van der Waals surface area contributed by atoms with Gasteiger partial charge in [-0.2, -0.15) is 9.78 Å². The van der Waals surface area contributed by atoms with Crippen LogP contribution in [0, 0.1) is 0 Å². The summed E-state index contributed by atoms with van der Waals surface area (Å²) in [5.41, 5.74) is 7.23. The fourth-order valence-electron chi connectivity index (χ4n) is 1.74. The standard InChI is InChI=1S/C12H8BrN5O/c13-11-6-15-9(5-16-11)12(19)18-10-2-1-8(14)3-7(10)4-17-18/h1-6H,14H2. The van der Waals surface area contributed by atoms with Crippen LogP contribution in [0.5, 0.6) is 0 Å². The van der Waals surface area contributed by atoms with E-state index in [0.29, 0.717) is 15.8 Å². The zero-order valence-corrected chi connectivity index (χ0v) is 11.2. The Labute approximate surface area is 116 Å². The van der Waals surface area contributed by atoms with Gasteiger partial charge in [0, 0.05) is 11.1 Å². The van der Waals surface area contributed by atoms with Crippen molar-refractivity contribution in [3.05, 3.63) is 47.1 Å². The van der Waals surface area contributed by atoms with Gasteiger partial charge in [0.25, 0.3) is 5.91 Å². The molecular weight excluding hydrogens is 310 g/mol. The molecule has 6 nitrogen and oxygen atoms in total. The first-order valence-electron chi connectivity index (χ1n) is 5.40. The smallest absolute Gasteiger partial charge is 0.298 e. The van der Waals surface area contributed by atoms with Crippen LogP contribution in [0.1, 0.15) is 10.5 Å². The van der Waals surface area contributed by atoms with Gasteiger partial charge in [-0.1, -0.05) is 0 Å². The van der Waals surface area contributed by atoms with Gasteiger partial charge >= 0.3 is 0 Å². The highest BCUT2D eigenvalue weighted by Crippen LogP contribution is 2.17. The number of nitrogens with two attached hydrogens (primary N) is 1. The lowest BCUT2D eigenvalue weighted by Gasteiger charge is -2.01. The van der Waals surface area contributed by atoms with Crippen LogP contribution < -0.4 is 5.73 Å². The fraction of sp³-hybridized carbons (Fsp3) is 0. The number of fused-ring (bicyclic) bond motifs is 1. The first-order chi connectivity index (χ1) is 9.15. The third kappa shape index (κ3) is 2.08. The van der Waals surface area contributed by atoms with Crippen molar-refractivity contribution in [3.8, 4) is 0 Å². The van der Waals surface area contributed by atoms with Crippen molar-refractivity contribution in [1.29, 1.82) is 0 Å². The van der Waals surface area contributed by atoms with Gasteiger partial charge in [0.05, 0.1) is 24.1 Å². The van der Waals surface area contributed by atoms with Crippen LogP contribution in [0.3, 0.4) is 0 Å². The molecule has 1 aromatic carbocycles. The van der Waals surface area contributed by atoms with E-state index in [0.717, 1.165) is 5.39 Å². The Morgan fingerprint density at radius 1 is 1.21 bits per heavy atom. The van der Waals surface area contributed by atoms with E-state index in [9.17, 15) is 4.79 Å². The average Bonchev–Trinajstić information content (AvgIpc) is 2.81. The van der Waals surface area contributed by atoms with Crippen molar-refractivity contribution in [2.75, 3.05) is 5.73 Å². The van der Waals surface area contributed by atoms with Gasteiger partial charge in [-0.15, -0.1) is 0 Å². The van der Waals surface area contributed by atoms with E-state index in [1.807, 2.05) is 0 Å². The molecule has 0 spiro atoms. The average molecular weight is 318 g/mol. The summed E-state index contributed by atoms with van der Waals surface area (Å²) in [4.78, 5) is 20.3. The molecule has 2 heterocycles. The molecule has 3 rings (SSSR count). The van der Waals surface area contributed by atoms with Gasteiger partial charge in [-0.05, 0) is 34.1 Å². The zero-order valence-electron chi connectivity index (χ0n) is 9.62. The van der Waals surface area contributed by atoms with E-state index in [1.54, 1.807) is 24.4 Å². The van der Waals surface area contributed by atoms with Crippen molar-refractivity contribution in [2.24, 2.45) is 0 Å². The van der Waals surface area contributed by atoms with Gasteiger partial charge in [0.2, 0.25) is 0 Å². The molecule has 2 N–H and O–H groups in total. The maximum Gasteiger partial charge on any atom is 0.298 e. The molecule has 0 saturated heterocycles. The highest BCUT2D eigenvalue weighted by atomic mass is 79.9. The Balaban J connectivity index is 2.09. The van der Waals surface area contributed by atoms with Crippen molar-refractivity contribution in [1.82, 2.24) is 19.7 Å². The molecule has 0 saturated carbocycles. The molecule has 94 valence electrons. The van der Waals surface area contributed by atoms with Gasteiger partial charge in [-0.3, -0.25) is 4.79 Å². The first-order valence-corrected chi connectivity index (χ1v) is 6.20. The van der Waals surface area contributed by atoms with Crippen molar-refractivity contribution < 1.29 is 4.79 Å². The number of benzene rings is 1. The molecule has 19 heavy (non-hydrogen) atoms. The number of aromatic nitrogens is 4. The SMILES string of the molecule is Nc1ccc2c(cnn2C(=O)c2cnc(Br)cn2)c1. The Morgan fingerprint density at radius 3 is 2.79 bits per heavy atom. The summed E-state index contributed by atoms with van der Waals surface area (Å²) in [7, 11) is 0.